The molecule has 0 aliphatic rings. The molecule has 0 radical (unpaired) electrons. The van der Waals surface area contributed by atoms with Crippen LogP contribution in [0, 0.1) is 0 Å². The Hall–Kier alpha value is -2.37. The molecule has 0 spiro atoms. The highest BCUT2D eigenvalue weighted by atomic mass is 16.3. The van der Waals surface area contributed by atoms with E-state index in [0.717, 1.165) is 0 Å². The van der Waals surface area contributed by atoms with Crippen LogP contribution in [0.4, 0.5) is 5.69 Å². The van der Waals surface area contributed by atoms with Crippen LogP contribution in [0.2, 0.25) is 0 Å². The molecule has 0 aliphatic heterocycles. The van der Waals surface area contributed by atoms with Gasteiger partial charge in [0.15, 0.2) is 0 Å². The molecule has 0 bridgehead atoms. The molecule has 0 unspecified atom stereocenters. The first kappa shape index (κ1) is 9.20. The predicted octanol–water partition coefficient (Wildman–Crippen LogP) is 0.763. The molecule has 76 valence electrons. The number of carbonyl (C=O) groups excluding carboxylic acids is 1. The summed E-state index contributed by atoms with van der Waals surface area (Å²) in [4.78, 5) is 15.3. The molecule has 6 nitrogen and oxygen atoms in total. The fourth-order valence-electron chi connectivity index (χ4n) is 1.07. The van der Waals surface area contributed by atoms with Crippen molar-refractivity contribution < 1.29 is 9.90 Å². The van der Waals surface area contributed by atoms with Crippen LogP contribution in [-0.4, -0.2) is 26.2 Å². The van der Waals surface area contributed by atoms with Crippen molar-refractivity contribution in [2.45, 2.75) is 0 Å². The SMILES string of the molecule is O=C(Nc1cn[nH]c1)c1cncc(O)c1. The standard InChI is InChI=1S/C9H8N4O2/c14-8-1-6(2-10-5-8)9(15)13-7-3-11-12-4-7/h1-5,14H,(H,11,12)(H,13,15). The molecular weight excluding hydrogens is 196 g/mol. The molecule has 0 saturated carbocycles. The van der Waals surface area contributed by atoms with E-state index in [9.17, 15) is 4.79 Å². The maximum atomic E-state index is 11.6. The van der Waals surface area contributed by atoms with Crippen molar-refractivity contribution in [3.05, 3.63) is 36.4 Å². The van der Waals surface area contributed by atoms with Crippen LogP contribution >= 0.6 is 0 Å². The summed E-state index contributed by atoms with van der Waals surface area (Å²) in [6, 6.07) is 1.34. The summed E-state index contributed by atoms with van der Waals surface area (Å²) in [5.41, 5.74) is 0.847. The normalized spacial score (nSPS) is 9.87. The van der Waals surface area contributed by atoms with Crippen molar-refractivity contribution in [2.24, 2.45) is 0 Å². The lowest BCUT2D eigenvalue weighted by Crippen LogP contribution is -2.11. The second-order valence-electron chi connectivity index (χ2n) is 2.87. The van der Waals surface area contributed by atoms with Gasteiger partial charge in [-0.2, -0.15) is 5.10 Å². The highest BCUT2D eigenvalue weighted by Gasteiger charge is 2.07. The van der Waals surface area contributed by atoms with E-state index in [1.807, 2.05) is 0 Å². The van der Waals surface area contributed by atoms with E-state index in [2.05, 4.69) is 20.5 Å². The summed E-state index contributed by atoms with van der Waals surface area (Å²) in [7, 11) is 0. The van der Waals surface area contributed by atoms with E-state index >= 15 is 0 Å². The van der Waals surface area contributed by atoms with E-state index in [0.29, 0.717) is 5.69 Å². The molecule has 1 amide bonds. The van der Waals surface area contributed by atoms with Crippen LogP contribution in [-0.2, 0) is 0 Å². The molecule has 0 aliphatic carbocycles. The van der Waals surface area contributed by atoms with Crippen LogP contribution in [0.25, 0.3) is 0 Å². The Kier molecular flexibility index (Phi) is 2.32. The summed E-state index contributed by atoms with van der Waals surface area (Å²) in [5, 5.41) is 18.0. The van der Waals surface area contributed by atoms with Crippen LogP contribution in [0.1, 0.15) is 10.4 Å². The number of anilines is 1. The van der Waals surface area contributed by atoms with Crippen molar-refractivity contribution in [3.63, 3.8) is 0 Å². The molecule has 6 heteroatoms. The van der Waals surface area contributed by atoms with Gasteiger partial charge in [-0.1, -0.05) is 0 Å². The largest absolute Gasteiger partial charge is 0.506 e. The Balaban J connectivity index is 2.15. The van der Waals surface area contributed by atoms with E-state index in [-0.39, 0.29) is 17.2 Å². The molecular formula is C9H8N4O2. The minimum absolute atomic E-state index is 0.0464. The lowest BCUT2D eigenvalue weighted by Gasteiger charge is -2.01. The monoisotopic (exact) mass is 204 g/mol. The molecule has 3 N–H and O–H groups in total. The van der Waals surface area contributed by atoms with Crippen LogP contribution < -0.4 is 5.32 Å². The second-order valence-corrected chi connectivity index (χ2v) is 2.87. The van der Waals surface area contributed by atoms with Gasteiger partial charge in [0, 0.05) is 12.4 Å². The zero-order valence-corrected chi connectivity index (χ0v) is 7.64. The Morgan fingerprint density at radius 3 is 2.93 bits per heavy atom. The number of aromatic amines is 1. The number of rotatable bonds is 2. The molecule has 0 atom stereocenters. The maximum absolute atomic E-state index is 11.6. The van der Waals surface area contributed by atoms with E-state index < -0.39 is 0 Å². The summed E-state index contributed by atoms with van der Waals surface area (Å²) < 4.78 is 0. The summed E-state index contributed by atoms with van der Waals surface area (Å²) >= 11 is 0. The van der Waals surface area contributed by atoms with Gasteiger partial charge in [-0.25, -0.2) is 0 Å². The summed E-state index contributed by atoms with van der Waals surface area (Å²) in [5.74, 6) is -0.394. The number of H-pyrrole nitrogens is 1. The fraction of sp³-hybridized carbons (Fsp3) is 0. The third-order valence-corrected chi connectivity index (χ3v) is 1.74. The first-order valence-electron chi connectivity index (χ1n) is 4.20. The van der Waals surface area contributed by atoms with Gasteiger partial charge in [0.25, 0.3) is 5.91 Å². The first-order chi connectivity index (χ1) is 7.25. The minimum atomic E-state index is -0.347. The average Bonchev–Trinajstić information content (AvgIpc) is 2.70. The highest BCUT2D eigenvalue weighted by Crippen LogP contribution is 2.10. The Bertz CT molecular complexity index is 467. The fourth-order valence-corrected chi connectivity index (χ4v) is 1.07. The zero-order valence-electron chi connectivity index (χ0n) is 7.64. The number of amides is 1. The van der Waals surface area contributed by atoms with Gasteiger partial charge in [-0.15, -0.1) is 0 Å². The summed E-state index contributed by atoms with van der Waals surface area (Å²) in [6.07, 6.45) is 5.66. The maximum Gasteiger partial charge on any atom is 0.257 e. The Morgan fingerprint density at radius 2 is 2.27 bits per heavy atom. The number of aromatic nitrogens is 3. The average molecular weight is 204 g/mol. The zero-order chi connectivity index (χ0) is 10.7. The van der Waals surface area contributed by atoms with Crippen molar-refractivity contribution in [1.82, 2.24) is 15.2 Å². The lowest BCUT2D eigenvalue weighted by atomic mass is 10.2. The van der Waals surface area contributed by atoms with Crippen LogP contribution in [0.15, 0.2) is 30.9 Å². The van der Waals surface area contributed by atoms with Crippen molar-refractivity contribution >= 4 is 11.6 Å². The second kappa shape index (κ2) is 3.79. The van der Waals surface area contributed by atoms with Crippen molar-refractivity contribution in [1.29, 1.82) is 0 Å². The van der Waals surface area contributed by atoms with Crippen LogP contribution in [0.3, 0.4) is 0 Å². The molecule has 2 rings (SSSR count). The number of carbonyl (C=O) groups is 1. The first-order valence-corrected chi connectivity index (χ1v) is 4.20. The quantitative estimate of drug-likeness (QED) is 0.673. The van der Waals surface area contributed by atoms with Gasteiger partial charge < -0.3 is 10.4 Å². The molecule has 2 aromatic heterocycles. The van der Waals surface area contributed by atoms with Gasteiger partial charge in [0.1, 0.15) is 5.75 Å². The molecule has 15 heavy (non-hydrogen) atoms. The molecule has 0 fully saturated rings. The van der Waals surface area contributed by atoms with Gasteiger partial charge in [-0.05, 0) is 6.07 Å². The lowest BCUT2D eigenvalue weighted by molar-refractivity contribution is 0.102. The van der Waals surface area contributed by atoms with Crippen molar-refractivity contribution in [3.8, 4) is 5.75 Å². The third kappa shape index (κ3) is 2.11. The number of hydrogen-bond donors (Lipinski definition) is 3. The smallest absolute Gasteiger partial charge is 0.257 e. The number of nitrogens with one attached hydrogen (secondary N) is 2. The van der Waals surface area contributed by atoms with E-state index in [4.69, 9.17) is 5.11 Å². The third-order valence-electron chi connectivity index (χ3n) is 1.74. The van der Waals surface area contributed by atoms with E-state index in [1.54, 1.807) is 6.20 Å². The van der Waals surface area contributed by atoms with Gasteiger partial charge >= 0.3 is 0 Å². The summed E-state index contributed by atoms with van der Waals surface area (Å²) in [6.45, 7) is 0. The number of aromatic hydroxyl groups is 1. The van der Waals surface area contributed by atoms with Crippen molar-refractivity contribution in [2.75, 3.05) is 5.32 Å². The Labute approximate surface area is 85.0 Å². The van der Waals surface area contributed by atoms with Crippen LogP contribution in [0.5, 0.6) is 5.75 Å². The van der Waals surface area contributed by atoms with Gasteiger partial charge in [0.2, 0.25) is 0 Å². The topological polar surface area (TPSA) is 90.9 Å². The molecule has 0 saturated heterocycles. The molecule has 2 heterocycles. The predicted molar refractivity (Wildman–Crippen MR) is 52.4 cm³/mol. The van der Waals surface area contributed by atoms with Gasteiger partial charge in [-0.3, -0.25) is 14.9 Å². The number of pyridine rings is 1. The number of hydrogen-bond acceptors (Lipinski definition) is 4. The van der Waals surface area contributed by atoms with Gasteiger partial charge in [0.05, 0.1) is 23.6 Å². The molecule has 0 aromatic carbocycles. The minimum Gasteiger partial charge on any atom is -0.506 e. The van der Waals surface area contributed by atoms with E-state index in [1.165, 1.54) is 24.7 Å². The highest BCUT2D eigenvalue weighted by molar-refractivity contribution is 6.04. The molecule has 2 aromatic rings. The number of nitrogens with zero attached hydrogens (tertiary/aromatic N) is 2. The Morgan fingerprint density at radius 1 is 1.40 bits per heavy atom.